The first-order valence-electron chi connectivity index (χ1n) is 6.64. The number of ether oxygens (including phenoxy) is 1. The minimum Gasteiger partial charge on any atom is -0.507 e. The van der Waals surface area contributed by atoms with Gasteiger partial charge in [-0.25, -0.2) is 4.98 Å². The Balaban J connectivity index is 1.75. The number of phenols is 1. The third-order valence-electron chi connectivity index (χ3n) is 3.07. The number of rotatable bonds is 4. The fourth-order valence-electron chi connectivity index (χ4n) is 1.94. The summed E-state index contributed by atoms with van der Waals surface area (Å²) in [4.78, 5) is 8.67. The van der Waals surface area contributed by atoms with Crippen LogP contribution in [0.5, 0.6) is 11.5 Å². The molecule has 0 amide bonds. The van der Waals surface area contributed by atoms with Crippen LogP contribution in [-0.2, 0) is 0 Å². The maximum Gasteiger partial charge on any atom is 0.165 e. The number of methoxy groups -OCH3 is 1. The number of phenolic OH excluding ortho intramolecular Hbond substituents is 1. The van der Waals surface area contributed by atoms with E-state index in [4.69, 9.17) is 4.74 Å². The zero-order valence-corrected chi connectivity index (χ0v) is 11.9. The molecule has 0 saturated carbocycles. The van der Waals surface area contributed by atoms with Gasteiger partial charge in [0.15, 0.2) is 5.82 Å². The largest absolute Gasteiger partial charge is 0.507 e. The van der Waals surface area contributed by atoms with Crippen molar-refractivity contribution in [2.75, 3.05) is 12.5 Å². The third kappa shape index (κ3) is 2.95. The first-order valence-corrected chi connectivity index (χ1v) is 6.64. The highest BCUT2D eigenvalue weighted by Gasteiger charge is 2.01. The minimum absolute atomic E-state index is 0.0921. The Bertz CT molecular complexity index is 833. The van der Waals surface area contributed by atoms with Gasteiger partial charge in [-0.15, -0.1) is 0 Å². The van der Waals surface area contributed by atoms with E-state index in [2.05, 4.69) is 20.5 Å². The Labute approximate surface area is 127 Å². The number of fused-ring (bicyclic) bond motifs is 1. The topological polar surface area (TPSA) is 79.6 Å². The number of hydrogen-bond donors (Lipinski definition) is 2. The van der Waals surface area contributed by atoms with E-state index in [1.165, 1.54) is 12.3 Å². The molecule has 110 valence electrons. The summed E-state index contributed by atoms with van der Waals surface area (Å²) in [6.07, 6.45) is 3.11. The molecule has 0 fully saturated rings. The lowest BCUT2D eigenvalue weighted by molar-refractivity contribution is 0.407. The van der Waals surface area contributed by atoms with Gasteiger partial charge in [-0.3, -0.25) is 10.4 Å². The lowest BCUT2D eigenvalue weighted by atomic mass is 10.2. The van der Waals surface area contributed by atoms with Crippen molar-refractivity contribution in [3.63, 3.8) is 0 Å². The first-order chi connectivity index (χ1) is 10.8. The maximum absolute atomic E-state index is 9.83. The monoisotopic (exact) mass is 294 g/mol. The molecule has 2 N–H and O–H groups in total. The van der Waals surface area contributed by atoms with Gasteiger partial charge in [0, 0.05) is 11.6 Å². The van der Waals surface area contributed by atoms with Crippen molar-refractivity contribution in [3.05, 3.63) is 54.2 Å². The summed E-state index contributed by atoms with van der Waals surface area (Å²) in [5, 5.41) is 13.9. The smallest absolute Gasteiger partial charge is 0.165 e. The van der Waals surface area contributed by atoms with E-state index >= 15 is 0 Å². The minimum atomic E-state index is 0.0921. The van der Waals surface area contributed by atoms with E-state index in [0.717, 1.165) is 11.0 Å². The number of nitrogens with zero attached hydrogens (tertiary/aromatic N) is 3. The van der Waals surface area contributed by atoms with E-state index < -0.39 is 0 Å². The van der Waals surface area contributed by atoms with Gasteiger partial charge in [-0.1, -0.05) is 12.1 Å². The Morgan fingerprint density at radius 2 is 2.00 bits per heavy atom. The fraction of sp³-hybridized carbons (Fsp3) is 0.0625. The zero-order chi connectivity index (χ0) is 15.4. The molecule has 0 aliphatic carbocycles. The number of benzene rings is 2. The van der Waals surface area contributed by atoms with Gasteiger partial charge in [-0.2, -0.15) is 5.10 Å². The second-order valence-electron chi connectivity index (χ2n) is 4.54. The van der Waals surface area contributed by atoms with Gasteiger partial charge in [0.2, 0.25) is 0 Å². The molecule has 0 bridgehead atoms. The maximum atomic E-state index is 9.83. The molecule has 0 aliphatic heterocycles. The Morgan fingerprint density at radius 1 is 1.18 bits per heavy atom. The average molecular weight is 294 g/mol. The summed E-state index contributed by atoms with van der Waals surface area (Å²) in [5.74, 6) is 1.21. The lowest BCUT2D eigenvalue weighted by Crippen LogP contribution is -1.95. The number of nitrogens with one attached hydrogen (secondary N) is 1. The second kappa shape index (κ2) is 6.09. The van der Waals surface area contributed by atoms with Crippen LogP contribution in [0.2, 0.25) is 0 Å². The summed E-state index contributed by atoms with van der Waals surface area (Å²) >= 11 is 0. The van der Waals surface area contributed by atoms with Gasteiger partial charge in [0.1, 0.15) is 11.5 Å². The number of hydrazone groups is 1. The van der Waals surface area contributed by atoms with Crippen molar-refractivity contribution in [2.24, 2.45) is 5.10 Å². The molecule has 2 aromatic carbocycles. The number of aromatic nitrogens is 2. The van der Waals surface area contributed by atoms with Crippen molar-refractivity contribution in [1.29, 1.82) is 0 Å². The third-order valence-corrected chi connectivity index (χ3v) is 3.07. The summed E-state index contributed by atoms with van der Waals surface area (Å²) in [6.45, 7) is 0. The molecule has 0 atom stereocenters. The zero-order valence-electron chi connectivity index (χ0n) is 11.9. The number of para-hydroxylation sites is 2. The molecule has 3 aromatic rings. The number of anilines is 1. The van der Waals surface area contributed by atoms with Crippen LogP contribution in [0, 0.1) is 0 Å². The summed E-state index contributed by atoms with van der Waals surface area (Å²) in [6, 6.07) is 12.6. The molecule has 0 radical (unpaired) electrons. The average Bonchev–Trinajstić information content (AvgIpc) is 2.56. The molecular weight excluding hydrogens is 280 g/mol. The molecule has 3 rings (SSSR count). The van der Waals surface area contributed by atoms with Crippen molar-refractivity contribution in [2.45, 2.75) is 0 Å². The van der Waals surface area contributed by atoms with E-state index in [0.29, 0.717) is 17.1 Å². The number of aromatic hydroxyl groups is 1. The van der Waals surface area contributed by atoms with Crippen LogP contribution >= 0.6 is 0 Å². The molecule has 22 heavy (non-hydrogen) atoms. The molecule has 6 nitrogen and oxygen atoms in total. The van der Waals surface area contributed by atoms with Crippen LogP contribution in [0.1, 0.15) is 5.56 Å². The molecule has 0 saturated heterocycles. The van der Waals surface area contributed by atoms with Crippen LogP contribution in [0.3, 0.4) is 0 Å². The summed E-state index contributed by atoms with van der Waals surface area (Å²) in [7, 11) is 1.54. The normalized spacial score (nSPS) is 11.0. The SMILES string of the molecule is COc1ccc(/C=N/Nc2cnc3ccccc3n2)c(O)c1. The van der Waals surface area contributed by atoms with Gasteiger partial charge < -0.3 is 9.84 Å². The van der Waals surface area contributed by atoms with Gasteiger partial charge >= 0.3 is 0 Å². The Morgan fingerprint density at radius 3 is 2.77 bits per heavy atom. The fourth-order valence-corrected chi connectivity index (χ4v) is 1.94. The standard InChI is InChI=1S/C16H14N4O2/c1-22-12-7-6-11(15(21)8-12)9-18-20-16-10-17-13-4-2-3-5-14(13)19-16/h2-10,21H,1H3,(H,19,20)/b18-9+. The van der Waals surface area contributed by atoms with E-state index in [-0.39, 0.29) is 5.75 Å². The molecular formula is C16H14N4O2. The molecule has 6 heteroatoms. The van der Waals surface area contributed by atoms with Crippen LogP contribution in [-0.4, -0.2) is 28.4 Å². The highest BCUT2D eigenvalue weighted by molar-refractivity contribution is 5.84. The van der Waals surface area contributed by atoms with Crippen molar-refractivity contribution < 1.29 is 9.84 Å². The van der Waals surface area contributed by atoms with Gasteiger partial charge in [0.25, 0.3) is 0 Å². The van der Waals surface area contributed by atoms with Crippen molar-refractivity contribution >= 4 is 23.1 Å². The van der Waals surface area contributed by atoms with Crippen molar-refractivity contribution in [3.8, 4) is 11.5 Å². The highest BCUT2D eigenvalue weighted by Crippen LogP contribution is 2.21. The Hall–Kier alpha value is -3.15. The molecule has 1 heterocycles. The number of hydrogen-bond acceptors (Lipinski definition) is 6. The van der Waals surface area contributed by atoms with E-state index in [1.54, 1.807) is 25.4 Å². The Kier molecular flexibility index (Phi) is 3.82. The lowest BCUT2D eigenvalue weighted by Gasteiger charge is -2.03. The van der Waals surface area contributed by atoms with Gasteiger partial charge in [0.05, 0.1) is 30.6 Å². The van der Waals surface area contributed by atoms with Crippen LogP contribution in [0.15, 0.2) is 53.8 Å². The second-order valence-corrected chi connectivity index (χ2v) is 4.54. The van der Waals surface area contributed by atoms with E-state index in [9.17, 15) is 5.11 Å². The predicted molar refractivity (Wildman–Crippen MR) is 85.4 cm³/mol. The van der Waals surface area contributed by atoms with E-state index in [1.807, 2.05) is 24.3 Å². The predicted octanol–water partition coefficient (Wildman–Crippen LogP) is 2.79. The molecule has 1 aromatic heterocycles. The molecule has 0 unspecified atom stereocenters. The van der Waals surface area contributed by atoms with Crippen LogP contribution in [0.4, 0.5) is 5.82 Å². The quantitative estimate of drug-likeness (QED) is 0.571. The molecule has 0 aliphatic rings. The summed E-state index contributed by atoms with van der Waals surface area (Å²) in [5.41, 5.74) is 4.98. The summed E-state index contributed by atoms with van der Waals surface area (Å²) < 4.78 is 5.03. The molecule has 0 spiro atoms. The van der Waals surface area contributed by atoms with Gasteiger partial charge in [-0.05, 0) is 24.3 Å². The van der Waals surface area contributed by atoms with Crippen molar-refractivity contribution in [1.82, 2.24) is 9.97 Å². The van der Waals surface area contributed by atoms with Crippen LogP contribution in [0.25, 0.3) is 11.0 Å². The van der Waals surface area contributed by atoms with Crippen LogP contribution < -0.4 is 10.2 Å². The highest BCUT2D eigenvalue weighted by atomic mass is 16.5. The first kappa shape index (κ1) is 13.8.